The van der Waals surface area contributed by atoms with Gasteiger partial charge in [-0.15, -0.1) is 6.42 Å². The second-order valence-corrected chi connectivity index (χ2v) is 3.58. The van der Waals surface area contributed by atoms with Crippen molar-refractivity contribution in [1.29, 1.82) is 0 Å². The van der Waals surface area contributed by atoms with E-state index in [1.807, 2.05) is 30.3 Å². The molecule has 0 unspecified atom stereocenters. The highest BCUT2D eigenvalue weighted by molar-refractivity contribution is 5.80. The summed E-state index contributed by atoms with van der Waals surface area (Å²) in [4.78, 5) is 11.4. The number of para-hydroxylation sites is 1. The Morgan fingerprint density at radius 3 is 2.89 bits per heavy atom. The molecule has 0 saturated carbocycles. The number of nitrogens with zero attached hydrogens (tertiary/aromatic N) is 4. The number of anilines is 1. The number of carbonyl (C=O) groups is 1. The van der Waals surface area contributed by atoms with Crippen molar-refractivity contribution >= 4 is 11.9 Å². The molecule has 2 rings (SSSR count). The fraction of sp³-hybridized carbons (Fsp3) is 0.167. The maximum Gasteiger partial charge on any atom is 0.248 e. The average Bonchev–Trinajstić information content (AvgIpc) is 2.92. The topological polar surface area (TPSA) is 84.7 Å². The van der Waals surface area contributed by atoms with Gasteiger partial charge < -0.3 is 10.6 Å². The molecule has 0 bridgehead atoms. The minimum Gasteiger partial charge on any atom is -0.344 e. The SMILES string of the molecule is C#CCNC(=O)CNc1nnnn1-c1ccccc1. The third-order valence-corrected chi connectivity index (χ3v) is 2.26. The van der Waals surface area contributed by atoms with Gasteiger partial charge in [-0.05, 0) is 22.6 Å². The molecular weight excluding hydrogens is 244 g/mol. The first-order valence-electron chi connectivity index (χ1n) is 5.59. The van der Waals surface area contributed by atoms with Crippen LogP contribution in [-0.4, -0.2) is 39.2 Å². The van der Waals surface area contributed by atoms with Crippen molar-refractivity contribution < 1.29 is 4.79 Å². The maximum absolute atomic E-state index is 11.4. The molecule has 7 nitrogen and oxygen atoms in total. The Hall–Kier alpha value is -2.88. The van der Waals surface area contributed by atoms with Crippen molar-refractivity contribution in [3.05, 3.63) is 30.3 Å². The van der Waals surface area contributed by atoms with E-state index in [4.69, 9.17) is 6.42 Å². The summed E-state index contributed by atoms with van der Waals surface area (Å²) in [5, 5.41) is 16.6. The Bertz CT molecular complexity index is 586. The zero-order valence-corrected chi connectivity index (χ0v) is 10.1. The molecule has 0 spiro atoms. The lowest BCUT2D eigenvalue weighted by Gasteiger charge is -2.06. The molecular formula is C12H12N6O. The first kappa shape index (κ1) is 12.6. The van der Waals surface area contributed by atoms with Gasteiger partial charge in [-0.3, -0.25) is 4.79 Å². The maximum atomic E-state index is 11.4. The van der Waals surface area contributed by atoms with E-state index in [1.165, 1.54) is 4.68 Å². The molecule has 0 aliphatic rings. The lowest BCUT2D eigenvalue weighted by Crippen LogP contribution is -2.30. The fourth-order valence-electron chi connectivity index (χ4n) is 1.41. The fourth-order valence-corrected chi connectivity index (χ4v) is 1.41. The van der Waals surface area contributed by atoms with E-state index in [2.05, 4.69) is 32.1 Å². The minimum absolute atomic E-state index is 0.0505. The molecule has 2 N–H and O–H groups in total. The summed E-state index contributed by atoms with van der Waals surface area (Å²) in [6.45, 7) is 0.249. The molecule has 0 saturated heterocycles. The van der Waals surface area contributed by atoms with Gasteiger partial charge in [-0.25, -0.2) is 0 Å². The van der Waals surface area contributed by atoms with Crippen LogP contribution >= 0.6 is 0 Å². The minimum atomic E-state index is -0.222. The zero-order valence-electron chi connectivity index (χ0n) is 10.1. The van der Waals surface area contributed by atoms with E-state index in [1.54, 1.807) is 0 Å². The first-order chi connectivity index (χ1) is 9.31. The molecule has 0 radical (unpaired) electrons. The highest BCUT2D eigenvalue weighted by Crippen LogP contribution is 2.09. The van der Waals surface area contributed by atoms with Crippen LogP contribution in [-0.2, 0) is 4.79 Å². The number of terminal acetylenes is 1. The van der Waals surface area contributed by atoms with Crippen molar-refractivity contribution in [3.8, 4) is 18.0 Å². The quantitative estimate of drug-likeness (QED) is 0.725. The highest BCUT2D eigenvalue weighted by Gasteiger charge is 2.08. The van der Waals surface area contributed by atoms with E-state index < -0.39 is 0 Å². The smallest absolute Gasteiger partial charge is 0.248 e. The Morgan fingerprint density at radius 2 is 2.16 bits per heavy atom. The van der Waals surface area contributed by atoms with Crippen LogP contribution in [0.15, 0.2) is 30.3 Å². The summed E-state index contributed by atoms with van der Waals surface area (Å²) in [6, 6.07) is 9.37. The Morgan fingerprint density at radius 1 is 1.37 bits per heavy atom. The lowest BCUT2D eigenvalue weighted by molar-refractivity contribution is -0.119. The van der Waals surface area contributed by atoms with E-state index in [-0.39, 0.29) is 19.0 Å². The molecule has 0 aliphatic carbocycles. The van der Waals surface area contributed by atoms with Gasteiger partial charge in [0.15, 0.2) is 0 Å². The van der Waals surface area contributed by atoms with E-state index >= 15 is 0 Å². The Balaban J connectivity index is 2.01. The molecule has 1 aromatic carbocycles. The van der Waals surface area contributed by atoms with Gasteiger partial charge in [0, 0.05) is 0 Å². The number of carbonyl (C=O) groups excluding carboxylic acids is 1. The average molecular weight is 256 g/mol. The van der Waals surface area contributed by atoms with E-state index in [0.29, 0.717) is 5.95 Å². The monoisotopic (exact) mass is 256 g/mol. The molecule has 7 heteroatoms. The number of aromatic nitrogens is 4. The standard InChI is InChI=1S/C12H12N6O/c1-2-8-13-11(19)9-14-12-15-16-17-18(12)10-6-4-3-5-7-10/h1,3-7H,8-9H2,(H,13,19)(H,14,15,17). The third kappa shape index (κ3) is 3.29. The summed E-state index contributed by atoms with van der Waals surface area (Å²) in [5.74, 6) is 2.49. The Labute approximate surface area is 110 Å². The summed E-state index contributed by atoms with van der Waals surface area (Å²) >= 11 is 0. The third-order valence-electron chi connectivity index (χ3n) is 2.26. The van der Waals surface area contributed by atoms with Crippen molar-refractivity contribution in [2.45, 2.75) is 0 Å². The van der Waals surface area contributed by atoms with Crippen LogP contribution in [0.25, 0.3) is 5.69 Å². The largest absolute Gasteiger partial charge is 0.344 e. The van der Waals surface area contributed by atoms with E-state index in [9.17, 15) is 4.79 Å². The lowest BCUT2D eigenvalue weighted by atomic mass is 10.3. The molecule has 96 valence electrons. The number of rotatable bonds is 5. The number of tetrazole rings is 1. The van der Waals surface area contributed by atoms with Crippen LogP contribution in [0, 0.1) is 12.3 Å². The van der Waals surface area contributed by atoms with E-state index in [0.717, 1.165) is 5.69 Å². The second-order valence-electron chi connectivity index (χ2n) is 3.58. The first-order valence-corrected chi connectivity index (χ1v) is 5.59. The van der Waals surface area contributed by atoms with Gasteiger partial charge in [-0.2, -0.15) is 4.68 Å². The van der Waals surface area contributed by atoms with Gasteiger partial charge in [-0.1, -0.05) is 29.2 Å². The normalized spacial score (nSPS) is 9.63. The van der Waals surface area contributed by atoms with Crippen molar-refractivity contribution in [1.82, 2.24) is 25.5 Å². The number of hydrogen-bond donors (Lipinski definition) is 2. The highest BCUT2D eigenvalue weighted by atomic mass is 16.1. The molecule has 0 aliphatic heterocycles. The molecule has 1 amide bonds. The van der Waals surface area contributed by atoms with Gasteiger partial charge in [0.1, 0.15) is 0 Å². The molecule has 1 aromatic heterocycles. The summed E-state index contributed by atoms with van der Waals surface area (Å²) in [5.41, 5.74) is 0.805. The van der Waals surface area contributed by atoms with Crippen molar-refractivity contribution in [2.75, 3.05) is 18.4 Å². The van der Waals surface area contributed by atoms with Gasteiger partial charge in [0.05, 0.1) is 18.8 Å². The predicted molar refractivity (Wildman–Crippen MR) is 69.5 cm³/mol. The summed E-state index contributed by atoms with van der Waals surface area (Å²) < 4.78 is 1.51. The van der Waals surface area contributed by atoms with Crippen LogP contribution in [0.5, 0.6) is 0 Å². The molecule has 19 heavy (non-hydrogen) atoms. The number of hydrogen-bond acceptors (Lipinski definition) is 5. The Kier molecular flexibility index (Phi) is 4.08. The van der Waals surface area contributed by atoms with Crippen LogP contribution in [0.3, 0.4) is 0 Å². The van der Waals surface area contributed by atoms with Crippen LogP contribution in [0.1, 0.15) is 0 Å². The zero-order chi connectivity index (χ0) is 13.5. The molecule has 2 aromatic rings. The van der Waals surface area contributed by atoms with Crippen molar-refractivity contribution in [3.63, 3.8) is 0 Å². The molecule has 0 fully saturated rings. The molecule has 0 atom stereocenters. The number of amides is 1. The predicted octanol–water partition coefficient (Wildman–Crippen LogP) is -0.176. The molecule has 1 heterocycles. The van der Waals surface area contributed by atoms with Crippen molar-refractivity contribution in [2.24, 2.45) is 0 Å². The van der Waals surface area contributed by atoms with Crippen LogP contribution in [0.2, 0.25) is 0 Å². The summed E-state index contributed by atoms with van der Waals surface area (Å²) in [7, 11) is 0. The summed E-state index contributed by atoms with van der Waals surface area (Å²) in [6.07, 6.45) is 5.05. The van der Waals surface area contributed by atoms with Crippen LogP contribution < -0.4 is 10.6 Å². The van der Waals surface area contributed by atoms with Gasteiger partial charge in [0.25, 0.3) is 0 Å². The second kappa shape index (κ2) is 6.16. The number of benzene rings is 1. The van der Waals surface area contributed by atoms with Crippen LogP contribution in [0.4, 0.5) is 5.95 Å². The van der Waals surface area contributed by atoms with Gasteiger partial charge in [0.2, 0.25) is 11.9 Å². The van der Waals surface area contributed by atoms with Gasteiger partial charge >= 0.3 is 0 Å². The number of nitrogens with one attached hydrogen (secondary N) is 2.